The fourth-order valence-electron chi connectivity index (χ4n) is 4.51. The second kappa shape index (κ2) is 15.1. The molecule has 6 N–H and O–H groups in total. The van der Waals surface area contributed by atoms with Gasteiger partial charge in [-0.25, -0.2) is 0 Å². The van der Waals surface area contributed by atoms with E-state index in [2.05, 4.69) is 31.4 Å². The zero-order valence-corrected chi connectivity index (χ0v) is 21.6. The average Bonchev–Trinajstić information content (AvgIpc) is 2.78. The summed E-state index contributed by atoms with van der Waals surface area (Å²) < 4.78 is 5.99. The summed E-state index contributed by atoms with van der Waals surface area (Å²) in [4.78, 5) is 26.4. The molecule has 2 atom stereocenters. The number of hydrogen-bond donors (Lipinski definition) is 4. The lowest BCUT2D eigenvalue weighted by molar-refractivity contribution is -0.122. The second-order valence-electron chi connectivity index (χ2n) is 10.7. The number of nitrogens with two attached hydrogens (primary N) is 2. The quantitative estimate of drug-likeness (QED) is 0.288. The lowest BCUT2D eigenvalue weighted by atomic mass is 9.83. The van der Waals surface area contributed by atoms with Gasteiger partial charge < -0.3 is 26.8 Å². The van der Waals surface area contributed by atoms with Crippen LogP contribution in [0.5, 0.6) is 5.75 Å². The number of carbonyl (C=O) groups is 2. The molecule has 1 aromatic rings. The van der Waals surface area contributed by atoms with Gasteiger partial charge in [-0.15, -0.1) is 0 Å². The molecule has 1 amide bonds. The topological polar surface area (TPSA) is 119 Å². The first kappa shape index (κ1) is 30.9. The first-order chi connectivity index (χ1) is 16.1. The Balaban J connectivity index is 0.00000612. The maximum atomic E-state index is 13.5. The van der Waals surface area contributed by atoms with Crippen molar-refractivity contribution in [3.63, 3.8) is 0 Å². The monoisotopic (exact) mass is 490 g/mol. The molecule has 0 radical (unpaired) electrons. The molecule has 1 aliphatic rings. The SMILES string of the molecule is C.CC(N)C(=O)C(CC1CCCCC1)NC(=O)c1cc(NC(C)(C)C)ccc1OCCCCCN. The van der Waals surface area contributed by atoms with Crippen LogP contribution in [0.15, 0.2) is 18.2 Å². The van der Waals surface area contributed by atoms with Crippen LogP contribution in [0.3, 0.4) is 0 Å². The Labute approximate surface area is 213 Å². The van der Waals surface area contributed by atoms with Crippen LogP contribution in [0.25, 0.3) is 0 Å². The van der Waals surface area contributed by atoms with Gasteiger partial charge in [0.25, 0.3) is 5.91 Å². The number of unbranched alkanes of at least 4 members (excludes halogenated alkanes) is 2. The molecule has 0 saturated heterocycles. The summed E-state index contributed by atoms with van der Waals surface area (Å²) in [6.45, 7) is 9.06. The molecule has 200 valence electrons. The summed E-state index contributed by atoms with van der Waals surface area (Å²) >= 11 is 0. The predicted octanol–water partition coefficient (Wildman–Crippen LogP) is 5.03. The standard InChI is InChI=1S/C27H46N4O3.CH4/c1-19(29)25(32)23(17-20-11-7-5-8-12-20)30-26(33)22-18-21(31-27(2,3)4)13-14-24(22)34-16-10-6-9-15-28;/h13-14,18-20,23,31H,5-12,15-17,28-29H2,1-4H3,(H,30,33);1H4. The average molecular weight is 491 g/mol. The largest absolute Gasteiger partial charge is 0.493 e. The van der Waals surface area contributed by atoms with Crippen molar-refractivity contribution in [2.75, 3.05) is 18.5 Å². The minimum atomic E-state index is -0.624. The molecule has 0 spiro atoms. The van der Waals surface area contributed by atoms with Crippen LogP contribution in [-0.2, 0) is 4.79 Å². The van der Waals surface area contributed by atoms with Gasteiger partial charge in [0.2, 0.25) is 0 Å². The zero-order chi connectivity index (χ0) is 25.1. The summed E-state index contributed by atoms with van der Waals surface area (Å²) in [6, 6.07) is 4.34. The maximum Gasteiger partial charge on any atom is 0.255 e. The van der Waals surface area contributed by atoms with E-state index >= 15 is 0 Å². The van der Waals surface area contributed by atoms with Crippen molar-refractivity contribution in [2.45, 2.75) is 111 Å². The number of rotatable bonds is 13. The van der Waals surface area contributed by atoms with E-state index in [-0.39, 0.29) is 24.7 Å². The molecule has 1 aliphatic carbocycles. The molecule has 1 aromatic carbocycles. The molecule has 35 heavy (non-hydrogen) atoms. The van der Waals surface area contributed by atoms with Crippen molar-refractivity contribution in [3.8, 4) is 5.75 Å². The molecular formula is C28H50N4O3. The fraction of sp³-hybridized carbons (Fsp3) is 0.714. The first-order valence-electron chi connectivity index (χ1n) is 13.0. The fourth-order valence-corrected chi connectivity index (χ4v) is 4.51. The van der Waals surface area contributed by atoms with Gasteiger partial charge in [0.05, 0.1) is 24.3 Å². The van der Waals surface area contributed by atoms with Crippen molar-refractivity contribution in [2.24, 2.45) is 17.4 Å². The number of ether oxygens (including phenoxy) is 1. The summed E-state index contributed by atoms with van der Waals surface area (Å²) in [7, 11) is 0. The number of hydrogen-bond acceptors (Lipinski definition) is 6. The Hall–Kier alpha value is -2.12. The van der Waals surface area contributed by atoms with E-state index in [4.69, 9.17) is 16.2 Å². The molecule has 2 unspecified atom stereocenters. The van der Waals surface area contributed by atoms with Gasteiger partial charge in [-0.1, -0.05) is 39.5 Å². The molecule has 7 heteroatoms. The first-order valence-corrected chi connectivity index (χ1v) is 13.0. The van der Waals surface area contributed by atoms with E-state index < -0.39 is 12.1 Å². The number of Topliss-reactive ketones (excluding diaryl/α,β-unsaturated/α-hetero) is 1. The molecule has 7 nitrogen and oxygen atoms in total. The second-order valence-corrected chi connectivity index (χ2v) is 10.7. The normalized spacial score (nSPS) is 16.1. The summed E-state index contributed by atoms with van der Waals surface area (Å²) in [5.41, 5.74) is 12.6. The van der Waals surface area contributed by atoms with E-state index in [0.29, 0.717) is 36.8 Å². The lowest BCUT2D eigenvalue weighted by Gasteiger charge is -2.28. The van der Waals surface area contributed by atoms with Crippen LogP contribution in [0.2, 0.25) is 0 Å². The van der Waals surface area contributed by atoms with Crippen molar-refractivity contribution >= 4 is 17.4 Å². The third-order valence-electron chi connectivity index (χ3n) is 6.24. The number of nitrogens with one attached hydrogen (secondary N) is 2. The molecular weight excluding hydrogens is 440 g/mol. The van der Waals surface area contributed by atoms with Gasteiger partial charge in [-0.05, 0) is 84.0 Å². The lowest BCUT2D eigenvalue weighted by Crippen LogP contribution is -2.48. The van der Waals surface area contributed by atoms with E-state index in [9.17, 15) is 9.59 Å². The van der Waals surface area contributed by atoms with E-state index in [1.807, 2.05) is 18.2 Å². The van der Waals surface area contributed by atoms with Crippen LogP contribution in [0, 0.1) is 5.92 Å². The number of ketones is 1. The highest BCUT2D eigenvalue weighted by Gasteiger charge is 2.29. The molecule has 0 heterocycles. The Morgan fingerprint density at radius 3 is 2.40 bits per heavy atom. The van der Waals surface area contributed by atoms with Crippen molar-refractivity contribution in [1.82, 2.24) is 5.32 Å². The number of amides is 1. The number of benzene rings is 1. The third kappa shape index (κ3) is 11.0. The highest BCUT2D eigenvalue weighted by Crippen LogP contribution is 2.29. The Kier molecular flexibility index (Phi) is 13.3. The van der Waals surface area contributed by atoms with Crippen molar-refractivity contribution in [1.29, 1.82) is 0 Å². The minimum absolute atomic E-state index is 0. The van der Waals surface area contributed by atoms with Crippen LogP contribution < -0.4 is 26.8 Å². The maximum absolute atomic E-state index is 13.5. The molecule has 0 aromatic heterocycles. The van der Waals surface area contributed by atoms with Gasteiger partial charge in [-0.2, -0.15) is 0 Å². The highest BCUT2D eigenvalue weighted by molar-refractivity contribution is 6.01. The van der Waals surface area contributed by atoms with E-state index in [1.54, 1.807) is 6.92 Å². The van der Waals surface area contributed by atoms with Gasteiger partial charge in [0.15, 0.2) is 5.78 Å². The summed E-state index contributed by atoms with van der Waals surface area (Å²) in [5.74, 6) is 0.541. The van der Waals surface area contributed by atoms with Gasteiger partial charge in [-0.3, -0.25) is 9.59 Å². The molecule has 1 fully saturated rings. The van der Waals surface area contributed by atoms with Crippen molar-refractivity contribution < 1.29 is 14.3 Å². The van der Waals surface area contributed by atoms with E-state index in [1.165, 1.54) is 19.3 Å². The van der Waals surface area contributed by atoms with Crippen LogP contribution in [-0.4, -0.2) is 42.5 Å². The van der Waals surface area contributed by atoms with Gasteiger partial charge in [0.1, 0.15) is 5.75 Å². The summed E-state index contributed by atoms with van der Waals surface area (Å²) in [5, 5.41) is 6.42. The number of carbonyl (C=O) groups excluding carboxylic acids is 2. The molecule has 1 saturated carbocycles. The highest BCUT2D eigenvalue weighted by atomic mass is 16.5. The smallest absolute Gasteiger partial charge is 0.255 e. The molecule has 0 bridgehead atoms. The van der Waals surface area contributed by atoms with Crippen LogP contribution in [0.4, 0.5) is 5.69 Å². The van der Waals surface area contributed by atoms with Gasteiger partial charge in [0, 0.05) is 11.2 Å². The Morgan fingerprint density at radius 1 is 1.11 bits per heavy atom. The Morgan fingerprint density at radius 2 is 1.80 bits per heavy atom. The molecule has 2 rings (SSSR count). The zero-order valence-electron chi connectivity index (χ0n) is 21.6. The third-order valence-corrected chi connectivity index (χ3v) is 6.24. The van der Waals surface area contributed by atoms with Crippen LogP contribution >= 0.6 is 0 Å². The predicted molar refractivity (Wildman–Crippen MR) is 146 cm³/mol. The Bertz CT molecular complexity index is 783. The molecule has 0 aliphatic heterocycles. The van der Waals surface area contributed by atoms with Crippen molar-refractivity contribution in [3.05, 3.63) is 23.8 Å². The van der Waals surface area contributed by atoms with Crippen LogP contribution in [0.1, 0.15) is 103 Å². The van der Waals surface area contributed by atoms with Gasteiger partial charge >= 0.3 is 0 Å². The minimum Gasteiger partial charge on any atom is -0.493 e. The summed E-state index contributed by atoms with van der Waals surface area (Å²) in [6.07, 6.45) is 9.24. The number of anilines is 1. The van der Waals surface area contributed by atoms with E-state index in [0.717, 1.165) is 37.8 Å².